The Hall–Kier alpha value is -1.90. The number of carbonyl (C=O) groups is 1. The SMILES string of the molecule is CS(=O)(=O)Nc1ccc(-c2ccc(C(=O)NC3CC4CCC3N4)s2)cc1. The van der Waals surface area contributed by atoms with Gasteiger partial charge in [0.05, 0.1) is 11.1 Å². The zero-order valence-corrected chi connectivity index (χ0v) is 16.0. The van der Waals surface area contributed by atoms with Crippen LogP contribution in [0.2, 0.25) is 0 Å². The van der Waals surface area contributed by atoms with E-state index < -0.39 is 10.0 Å². The van der Waals surface area contributed by atoms with Gasteiger partial charge in [-0.15, -0.1) is 11.3 Å². The predicted octanol–water partition coefficient (Wildman–Crippen LogP) is 2.41. The summed E-state index contributed by atoms with van der Waals surface area (Å²) >= 11 is 1.45. The van der Waals surface area contributed by atoms with E-state index >= 15 is 0 Å². The van der Waals surface area contributed by atoms with Gasteiger partial charge in [0.15, 0.2) is 0 Å². The minimum atomic E-state index is -3.28. The van der Waals surface area contributed by atoms with Gasteiger partial charge in [-0.25, -0.2) is 8.42 Å². The molecule has 3 N–H and O–H groups in total. The average Bonchev–Trinajstić information content (AvgIpc) is 3.30. The quantitative estimate of drug-likeness (QED) is 0.730. The van der Waals surface area contributed by atoms with Crippen LogP contribution in [0.15, 0.2) is 36.4 Å². The fourth-order valence-electron chi connectivity index (χ4n) is 3.75. The van der Waals surface area contributed by atoms with E-state index in [1.165, 1.54) is 17.8 Å². The first-order valence-corrected chi connectivity index (χ1v) is 11.3. The predicted molar refractivity (Wildman–Crippen MR) is 104 cm³/mol. The van der Waals surface area contributed by atoms with Crippen molar-refractivity contribution in [3.8, 4) is 10.4 Å². The van der Waals surface area contributed by atoms with Crippen molar-refractivity contribution in [2.24, 2.45) is 0 Å². The van der Waals surface area contributed by atoms with Crippen LogP contribution < -0.4 is 15.4 Å². The molecule has 1 amide bonds. The molecule has 6 nitrogen and oxygen atoms in total. The number of hydrogen-bond acceptors (Lipinski definition) is 5. The Kier molecular flexibility index (Phi) is 4.50. The van der Waals surface area contributed by atoms with Crippen LogP contribution in [0.1, 0.15) is 28.9 Å². The van der Waals surface area contributed by atoms with Crippen molar-refractivity contribution in [3.63, 3.8) is 0 Å². The number of thiophene rings is 1. The summed E-state index contributed by atoms with van der Waals surface area (Å²) in [6.45, 7) is 0. The summed E-state index contributed by atoms with van der Waals surface area (Å²) in [7, 11) is -3.28. The zero-order valence-electron chi connectivity index (χ0n) is 14.4. The smallest absolute Gasteiger partial charge is 0.261 e. The molecule has 0 radical (unpaired) electrons. The second kappa shape index (κ2) is 6.68. The lowest BCUT2D eigenvalue weighted by Gasteiger charge is -2.20. The molecule has 3 heterocycles. The van der Waals surface area contributed by atoms with Gasteiger partial charge in [0.25, 0.3) is 5.91 Å². The van der Waals surface area contributed by atoms with Gasteiger partial charge in [-0.05, 0) is 49.1 Å². The number of hydrogen-bond donors (Lipinski definition) is 3. The van der Waals surface area contributed by atoms with Crippen LogP contribution in [-0.2, 0) is 10.0 Å². The van der Waals surface area contributed by atoms with Gasteiger partial charge in [-0.2, -0.15) is 0 Å². The third-order valence-electron chi connectivity index (χ3n) is 4.92. The lowest BCUT2D eigenvalue weighted by molar-refractivity contribution is 0.0935. The van der Waals surface area contributed by atoms with Gasteiger partial charge in [-0.3, -0.25) is 9.52 Å². The fourth-order valence-corrected chi connectivity index (χ4v) is 5.23. The van der Waals surface area contributed by atoms with E-state index in [0.29, 0.717) is 22.6 Å². The molecule has 1 aromatic carbocycles. The van der Waals surface area contributed by atoms with Gasteiger partial charge < -0.3 is 10.6 Å². The number of nitrogens with one attached hydrogen (secondary N) is 3. The summed E-state index contributed by atoms with van der Waals surface area (Å²) in [5, 5.41) is 6.69. The van der Waals surface area contributed by atoms with E-state index in [-0.39, 0.29) is 11.9 Å². The highest BCUT2D eigenvalue weighted by molar-refractivity contribution is 7.92. The maximum absolute atomic E-state index is 12.5. The molecule has 4 rings (SSSR count). The maximum Gasteiger partial charge on any atom is 0.261 e. The summed E-state index contributed by atoms with van der Waals surface area (Å²) in [5.41, 5.74) is 1.48. The first-order chi connectivity index (χ1) is 12.4. The molecule has 138 valence electrons. The Labute approximate surface area is 157 Å². The maximum atomic E-state index is 12.5. The second-order valence-electron chi connectivity index (χ2n) is 6.98. The lowest BCUT2D eigenvalue weighted by atomic mass is 9.95. The minimum absolute atomic E-state index is 0.0176. The standard InChI is InChI=1S/C18H21N3O3S2/c1-26(23,24)21-12-4-2-11(3-5-12)16-8-9-17(25-16)18(22)20-15-10-13-6-7-14(15)19-13/h2-5,8-9,13-15,19,21H,6-7,10H2,1H3,(H,20,22). The molecule has 2 aliphatic rings. The number of sulfonamides is 1. The molecule has 2 aromatic rings. The molecular formula is C18H21N3O3S2. The normalized spacial score (nSPS) is 24.6. The van der Waals surface area contributed by atoms with Gasteiger partial charge in [-0.1, -0.05) is 12.1 Å². The molecule has 26 heavy (non-hydrogen) atoms. The van der Waals surface area contributed by atoms with Crippen molar-refractivity contribution >= 4 is 33.0 Å². The van der Waals surface area contributed by atoms with Crippen molar-refractivity contribution in [1.82, 2.24) is 10.6 Å². The van der Waals surface area contributed by atoms with Gasteiger partial charge >= 0.3 is 0 Å². The van der Waals surface area contributed by atoms with Crippen LogP contribution in [0.4, 0.5) is 5.69 Å². The number of anilines is 1. The molecule has 0 saturated carbocycles. The van der Waals surface area contributed by atoms with E-state index in [0.717, 1.165) is 29.5 Å². The number of carbonyl (C=O) groups excluding carboxylic acids is 1. The Balaban J connectivity index is 1.43. The molecule has 8 heteroatoms. The van der Waals surface area contributed by atoms with Crippen LogP contribution >= 0.6 is 11.3 Å². The monoisotopic (exact) mass is 391 g/mol. The molecule has 2 saturated heterocycles. The third kappa shape index (κ3) is 3.77. The van der Waals surface area contributed by atoms with E-state index in [1.54, 1.807) is 12.1 Å². The molecular weight excluding hydrogens is 370 g/mol. The summed E-state index contributed by atoms with van der Waals surface area (Å²) in [5.74, 6) is -0.0176. The minimum Gasteiger partial charge on any atom is -0.347 e. The molecule has 3 atom stereocenters. The van der Waals surface area contributed by atoms with Crippen LogP contribution in [0.5, 0.6) is 0 Å². The summed E-state index contributed by atoms with van der Waals surface area (Å²) in [6, 6.07) is 12.1. The Morgan fingerprint density at radius 2 is 1.92 bits per heavy atom. The largest absolute Gasteiger partial charge is 0.347 e. The molecule has 2 bridgehead atoms. The first-order valence-electron chi connectivity index (χ1n) is 8.62. The van der Waals surface area contributed by atoms with Gasteiger partial charge in [0.1, 0.15) is 0 Å². The van der Waals surface area contributed by atoms with Crippen LogP contribution in [0, 0.1) is 0 Å². The van der Waals surface area contributed by atoms with E-state index in [9.17, 15) is 13.2 Å². The fraction of sp³-hybridized carbons (Fsp3) is 0.389. The summed E-state index contributed by atoms with van der Waals surface area (Å²) in [6.07, 6.45) is 4.49. The Bertz CT molecular complexity index is 921. The zero-order chi connectivity index (χ0) is 18.3. The highest BCUT2D eigenvalue weighted by atomic mass is 32.2. The topological polar surface area (TPSA) is 87.3 Å². The molecule has 0 aliphatic carbocycles. The number of amides is 1. The first kappa shape index (κ1) is 17.5. The van der Waals surface area contributed by atoms with Crippen LogP contribution in [-0.4, -0.2) is 38.7 Å². The van der Waals surface area contributed by atoms with Gasteiger partial charge in [0.2, 0.25) is 10.0 Å². The number of benzene rings is 1. The van der Waals surface area contributed by atoms with Gasteiger partial charge in [0, 0.05) is 28.7 Å². The molecule has 2 aliphatic heterocycles. The molecule has 3 unspecified atom stereocenters. The third-order valence-corrected chi connectivity index (χ3v) is 6.66. The van der Waals surface area contributed by atoms with Crippen molar-refractivity contribution < 1.29 is 13.2 Å². The van der Waals surface area contributed by atoms with Crippen LogP contribution in [0.25, 0.3) is 10.4 Å². The van der Waals surface area contributed by atoms with E-state index in [4.69, 9.17) is 0 Å². The highest BCUT2D eigenvalue weighted by Crippen LogP contribution is 2.31. The summed E-state index contributed by atoms with van der Waals surface area (Å²) in [4.78, 5) is 14.2. The molecule has 0 spiro atoms. The van der Waals surface area contributed by atoms with Crippen molar-refractivity contribution in [1.29, 1.82) is 0 Å². The van der Waals surface area contributed by atoms with Crippen molar-refractivity contribution in [2.45, 2.75) is 37.4 Å². The van der Waals surface area contributed by atoms with E-state index in [2.05, 4.69) is 15.4 Å². The molecule has 2 fully saturated rings. The second-order valence-corrected chi connectivity index (χ2v) is 9.81. The Morgan fingerprint density at radius 3 is 2.54 bits per heavy atom. The van der Waals surface area contributed by atoms with E-state index in [1.807, 2.05) is 24.3 Å². The van der Waals surface area contributed by atoms with Crippen molar-refractivity contribution in [2.75, 3.05) is 11.0 Å². The van der Waals surface area contributed by atoms with Crippen molar-refractivity contribution in [3.05, 3.63) is 41.3 Å². The van der Waals surface area contributed by atoms with Crippen LogP contribution in [0.3, 0.4) is 0 Å². The average molecular weight is 392 g/mol. The number of rotatable bonds is 5. The molecule has 1 aromatic heterocycles. The highest BCUT2D eigenvalue weighted by Gasteiger charge is 2.39. The Morgan fingerprint density at radius 1 is 1.15 bits per heavy atom. The summed E-state index contributed by atoms with van der Waals surface area (Å²) < 4.78 is 25.0. The lowest BCUT2D eigenvalue weighted by Crippen LogP contribution is -2.42. The number of fused-ring (bicyclic) bond motifs is 2.